The van der Waals surface area contributed by atoms with Crippen molar-refractivity contribution in [3.05, 3.63) is 35.5 Å². The fourth-order valence-electron chi connectivity index (χ4n) is 2.36. The van der Waals surface area contributed by atoms with Crippen LogP contribution in [0.1, 0.15) is 17.7 Å². The lowest BCUT2D eigenvalue weighted by molar-refractivity contribution is 0.714. The molecule has 2 N–H and O–H groups in total. The zero-order valence-electron chi connectivity index (χ0n) is 10.5. The highest BCUT2D eigenvalue weighted by atomic mass is 32.2. The van der Waals surface area contributed by atoms with Gasteiger partial charge in [-0.05, 0) is 42.4 Å². The van der Waals surface area contributed by atoms with Crippen LogP contribution in [0.3, 0.4) is 0 Å². The smallest absolute Gasteiger partial charge is 0.0926 e. The van der Waals surface area contributed by atoms with Gasteiger partial charge in [-0.2, -0.15) is 5.10 Å². The zero-order valence-corrected chi connectivity index (χ0v) is 11.3. The van der Waals surface area contributed by atoms with Gasteiger partial charge >= 0.3 is 0 Å². The van der Waals surface area contributed by atoms with Crippen molar-refractivity contribution >= 4 is 11.8 Å². The number of aryl methyl sites for hydroxylation is 2. The molecule has 0 unspecified atom stereocenters. The van der Waals surface area contributed by atoms with Crippen molar-refractivity contribution in [3.63, 3.8) is 0 Å². The summed E-state index contributed by atoms with van der Waals surface area (Å²) >= 11 is 1.96. The summed E-state index contributed by atoms with van der Waals surface area (Å²) in [7, 11) is 1.94. The van der Waals surface area contributed by atoms with E-state index < -0.39 is 0 Å². The van der Waals surface area contributed by atoms with Gasteiger partial charge in [-0.3, -0.25) is 4.68 Å². The number of nitrogens with zero attached hydrogens (tertiary/aromatic N) is 2. The van der Waals surface area contributed by atoms with Crippen LogP contribution in [0, 0.1) is 0 Å². The Morgan fingerprint density at radius 2 is 2.28 bits per heavy atom. The van der Waals surface area contributed by atoms with E-state index in [0.29, 0.717) is 6.54 Å². The number of thioether (sulfide) groups is 1. The number of hydrogen-bond donors (Lipinski definition) is 1. The lowest BCUT2D eigenvalue weighted by atomic mass is 10.0. The van der Waals surface area contributed by atoms with Gasteiger partial charge in [0.1, 0.15) is 0 Å². The molecule has 18 heavy (non-hydrogen) atoms. The van der Waals surface area contributed by atoms with Crippen LogP contribution in [-0.2, 0) is 20.0 Å². The number of fused-ring (bicyclic) bond motifs is 1. The molecule has 3 rings (SSSR count). The first-order valence-electron chi connectivity index (χ1n) is 6.27. The van der Waals surface area contributed by atoms with E-state index in [4.69, 9.17) is 5.73 Å². The van der Waals surface area contributed by atoms with Gasteiger partial charge in [-0.1, -0.05) is 6.07 Å². The molecule has 2 aromatic rings. The Kier molecular flexibility index (Phi) is 3.14. The van der Waals surface area contributed by atoms with Crippen LogP contribution in [0.4, 0.5) is 0 Å². The average Bonchev–Trinajstić information content (AvgIpc) is 2.79. The van der Waals surface area contributed by atoms with Crippen LogP contribution >= 0.6 is 11.8 Å². The fraction of sp³-hybridized carbons (Fsp3) is 0.357. The van der Waals surface area contributed by atoms with Crippen molar-refractivity contribution in [1.29, 1.82) is 0 Å². The number of aromatic nitrogens is 2. The largest absolute Gasteiger partial charge is 0.325 e. The van der Waals surface area contributed by atoms with Crippen molar-refractivity contribution in [2.45, 2.75) is 24.3 Å². The molecule has 2 heterocycles. The predicted molar refractivity (Wildman–Crippen MR) is 75.6 cm³/mol. The summed E-state index contributed by atoms with van der Waals surface area (Å²) in [6.07, 6.45) is 2.46. The molecular formula is C14H17N3S. The molecule has 0 spiro atoms. The Hall–Kier alpha value is -1.26. The maximum Gasteiger partial charge on any atom is 0.0926 e. The van der Waals surface area contributed by atoms with Crippen LogP contribution in [-0.4, -0.2) is 15.5 Å². The van der Waals surface area contributed by atoms with Crippen molar-refractivity contribution in [1.82, 2.24) is 9.78 Å². The minimum Gasteiger partial charge on any atom is -0.325 e. The first-order chi connectivity index (χ1) is 8.78. The molecule has 1 aliphatic heterocycles. The molecule has 1 aliphatic rings. The molecule has 94 valence electrons. The topological polar surface area (TPSA) is 43.8 Å². The Morgan fingerprint density at radius 1 is 1.39 bits per heavy atom. The summed E-state index contributed by atoms with van der Waals surface area (Å²) in [5, 5.41) is 4.53. The van der Waals surface area contributed by atoms with E-state index in [1.165, 1.54) is 34.6 Å². The van der Waals surface area contributed by atoms with E-state index in [1.54, 1.807) is 0 Å². The summed E-state index contributed by atoms with van der Waals surface area (Å²) in [6.45, 7) is 0.532. The first kappa shape index (κ1) is 11.8. The molecule has 1 aromatic carbocycles. The lowest BCUT2D eigenvalue weighted by Gasteiger charge is -2.15. The van der Waals surface area contributed by atoms with Crippen LogP contribution in [0.25, 0.3) is 11.3 Å². The highest BCUT2D eigenvalue weighted by molar-refractivity contribution is 7.99. The third kappa shape index (κ3) is 2.06. The molecule has 0 saturated heterocycles. The van der Waals surface area contributed by atoms with Gasteiger partial charge in [-0.15, -0.1) is 11.8 Å². The SMILES string of the molecule is Cn1nc(-c2ccc3c(c2)CCCS3)cc1CN. The van der Waals surface area contributed by atoms with Gasteiger partial charge in [-0.25, -0.2) is 0 Å². The molecule has 0 radical (unpaired) electrons. The summed E-state index contributed by atoms with van der Waals surface area (Å²) < 4.78 is 1.86. The van der Waals surface area contributed by atoms with Gasteiger partial charge in [0.2, 0.25) is 0 Å². The van der Waals surface area contributed by atoms with Crippen molar-refractivity contribution in [3.8, 4) is 11.3 Å². The van der Waals surface area contributed by atoms with Gasteiger partial charge in [0.15, 0.2) is 0 Å². The second kappa shape index (κ2) is 4.78. The van der Waals surface area contributed by atoms with Crippen molar-refractivity contribution in [2.75, 3.05) is 5.75 Å². The fourth-order valence-corrected chi connectivity index (χ4v) is 3.38. The maximum atomic E-state index is 5.69. The quantitative estimate of drug-likeness (QED) is 0.901. The summed E-state index contributed by atoms with van der Waals surface area (Å²) in [5.41, 5.74) is 10.4. The van der Waals surface area contributed by atoms with Crippen LogP contribution in [0.15, 0.2) is 29.2 Å². The van der Waals surface area contributed by atoms with E-state index in [2.05, 4.69) is 29.4 Å². The number of benzene rings is 1. The maximum absolute atomic E-state index is 5.69. The zero-order chi connectivity index (χ0) is 12.5. The number of hydrogen-bond acceptors (Lipinski definition) is 3. The lowest BCUT2D eigenvalue weighted by Crippen LogP contribution is -2.03. The minimum absolute atomic E-state index is 0.532. The third-order valence-electron chi connectivity index (χ3n) is 3.39. The number of nitrogens with two attached hydrogens (primary N) is 1. The third-order valence-corrected chi connectivity index (χ3v) is 4.59. The minimum atomic E-state index is 0.532. The van der Waals surface area contributed by atoms with Gasteiger partial charge in [0.25, 0.3) is 0 Å². The molecule has 0 saturated carbocycles. The highest BCUT2D eigenvalue weighted by Crippen LogP contribution is 2.32. The molecule has 3 nitrogen and oxygen atoms in total. The number of rotatable bonds is 2. The van der Waals surface area contributed by atoms with Crippen LogP contribution in [0.5, 0.6) is 0 Å². The Morgan fingerprint density at radius 3 is 3.06 bits per heavy atom. The monoisotopic (exact) mass is 259 g/mol. The van der Waals surface area contributed by atoms with Crippen LogP contribution < -0.4 is 5.73 Å². The summed E-state index contributed by atoms with van der Waals surface area (Å²) in [4.78, 5) is 1.43. The van der Waals surface area contributed by atoms with Gasteiger partial charge < -0.3 is 5.73 Å². The van der Waals surface area contributed by atoms with Gasteiger partial charge in [0, 0.05) is 24.1 Å². The Labute approximate surface area is 111 Å². The van der Waals surface area contributed by atoms with E-state index in [0.717, 1.165) is 11.4 Å². The standard InChI is InChI=1S/C14H17N3S/c1-17-12(9-15)8-13(16-17)10-4-5-14-11(7-10)3-2-6-18-14/h4-5,7-8H,2-3,6,9,15H2,1H3. The second-order valence-corrected chi connectivity index (χ2v) is 5.76. The van der Waals surface area contributed by atoms with Crippen molar-refractivity contribution < 1.29 is 0 Å². The van der Waals surface area contributed by atoms with E-state index >= 15 is 0 Å². The van der Waals surface area contributed by atoms with E-state index in [-0.39, 0.29) is 0 Å². The van der Waals surface area contributed by atoms with Gasteiger partial charge in [0.05, 0.1) is 11.4 Å². The molecule has 1 aromatic heterocycles. The van der Waals surface area contributed by atoms with E-state index in [9.17, 15) is 0 Å². The van der Waals surface area contributed by atoms with Crippen molar-refractivity contribution in [2.24, 2.45) is 12.8 Å². The molecule has 0 fully saturated rings. The molecule has 0 bridgehead atoms. The summed E-state index contributed by atoms with van der Waals surface area (Å²) in [5.74, 6) is 1.24. The first-order valence-corrected chi connectivity index (χ1v) is 7.25. The molecular weight excluding hydrogens is 242 g/mol. The highest BCUT2D eigenvalue weighted by Gasteiger charge is 2.12. The van der Waals surface area contributed by atoms with Crippen LogP contribution in [0.2, 0.25) is 0 Å². The molecule has 0 aliphatic carbocycles. The summed E-state index contributed by atoms with van der Waals surface area (Å²) in [6, 6.07) is 8.76. The second-order valence-electron chi connectivity index (χ2n) is 4.62. The van der Waals surface area contributed by atoms with E-state index in [1.807, 2.05) is 23.5 Å². The molecule has 0 amide bonds. The molecule has 4 heteroatoms. The average molecular weight is 259 g/mol. The Bertz CT molecular complexity index is 574. The molecule has 0 atom stereocenters. The Balaban J connectivity index is 2.00. The predicted octanol–water partition coefficient (Wildman–Crippen LogP) is 2.58. The normalized spacial score (nSPS) is 14.6.